The second kappa shape index (κ2) is 6.18. The molecule has 1 aliphatic rings. The van der Waals surface area contributed by atoms with Crippen LogP contribution in [0.2, 0.25) is 5.02 Å². The summed E-state index contributed by atoms with van der Waals surface area (Å²) in [6.45, 7) is 5.16. The molecule has 1 atom stereocenters. The molecule has 1 aromatic rings. The number of rotatable bonds is 3. The second-order valence-corrected chi connectivity index (χ2v) is 4.93. The van der Waals surface area contributed by atoms with E-state index in [1.54, 1.807) is 12.1 Å². The van der Waals surface area contributed by atoms with E-state index in [9.17, 15) is 4.79 Å². The van der Waals surface area contributed by atoms with Crippen LogP contribution >= 0.6 is 11.6 Å². The van der Waals surface area contributed by atoms with Crippen molar-refractivity contribution in [2.45, 2.75) is 13.0 Å². The minimum atomic E-state index is -0.0760. The maximum Gasteiger partial charge on any atom is 0.282 e. The van der Waals surface area contributed by atoms with Crippen molar-refractivity contribution in [1.29, 1.82) is 0 Å². The number of hydrogen-bond donors (Lipinski definition) is 2. The van der Waals surface area contributed by atoms with Crippen molar-refractivity contribution >= 4 is 23.2 Å². The molecule has 0 spiro atoms. The summed E-state index contributed by atoms with van der Waals surface area (Å²) in [7, 11) is 0. The van der Waals surface area contributed by atoms with Crippen molar-refractivity contribution in [1.82, 2.24) is 0 Å². The first kappa shape index (κ1) is 13.3. The van der Waals surface area contributed by atoms with Crippen molar-refractivity contribution in [2.75, 3.05) is 31.6 Å². The number of anilines is 1. The van der Waals surface area contributed by atoms with Gasteiger partial charge in [-0.3, -0.25) is 4.79 Å². The van der Waals surface area contributed by atoms with Crippen LogP contribution in [0.3, 0.4) is 0 Å². The van der Waals surface area contributed by atoms with E-state index >= 15 is 0 Å². The molecule has 1 aromatic carbocycles. The van der Waals surface area contributed by atoms with Gasteiger partial charge in [-0.1, -0.05) is 17.7 Å². The van der Waals surface area contributed by atoms with Crippen LogP contribution in [0.5, 0.6) is 0 Å². The Kier molecular flexibility index (Phi) is 4.58. The van der Waals surface area contributed by atoms with Gasteiger partial charge >= 0.3 is 0 Å². The molecular weight excluding hydrogens is 252 g/mol. The zero-order valence-corrected chi connectivity index (χ0v) is 11.2. The number of morpholine rings is 1. The van der Waals surface area contributed by atoms with Crippen molar-refractivity contribution < 1.29 is 14.4 Å². The number of halogens is 1. The topological polar surface area (TPSA) is 42.8 Å². The van der Waals surface area contributed by atoms with Gasteiger partial charge in [0.2, 0.25) is 0 Å². The minimum Gasteiger partial charge on any atom is -0.370 e. The number of ether oxygens (including phenoxy) is 1. The fourth-order valence-electron chi connectivity index (χ4n) is 2.07. The van der Waals surface area contributed by atoms with Gasteiger partial charge in [-0.25, -0.2) is 0 Å². The van der Waals surface area contributed by atoms with E-state index in [-0.39, 0.29) is 11.9 Å². The molecule has 5 heteroatoms. The van der Waals surface area contributed by atoms with Crippen LogP contribution in [0.15, 0.2) is 24.3 Å². The molecule has 0 unspecified atom stereocenters. The van der Waals surface area contributed by atoms with Gasteiger partial charge in [0.1, 0.15) is 13.1 Å². The summed E-state index contributed by atoms with van der Waals surface area (Å²) in [6.07, 6.45) is 0. The Bertz CT molecular complexity index is 419. The molecule has 0 bridgehead atoms. The summed E-state index contributed by atoms with van der Waals surface area (Å²) in [6, 6.07) is 7.12. The number of nitrogens with one attached hydrogen (secondary N) is 2. The standard InChI is InChI=1S/C13H17ClN2O2/c1-10(16-5-7-18-8-6-16)13(17)15-12-4-2-3-11(14)9-12/h2-4,9-10H,5-8H2,1H3,(H,15,17)/p+1/t10-/m0/s1. The SMILES string of the molecule is C[C@@H](C(=O)Nc1cccc(Cl)c1)[NH+]1CCOCC1. The van der Waals surface area contributed by atoms with E-state index in [1.165, 1.54) is 4.90 Å². The molecule has 1 amide bonds. The average Bonchev–Trinajstić information content (AvgIpc) is 2.39. The lowest BCUT2D eigenvalue weighted by molar-refractivity contribution is -0.921. The summed E-state index contributed by atoms with van der Waals surface area (Å²) in [5.74, 6) is 0.0224. The van der Waals surface area contributed by atoms with Crippen LogP contribution in [0.1, 0.15) is 6.92 Å². The maximum absolute atomic E-state index is 12.1. The quantitative estimate of drug-likeness (QED) is 0.843. The van der Waals surface area contributed by atoms with Crippen molar-refractivity contribution in [3.8, 4) is 0 Å². The van der Waals surface area contributed by atoms with E-state index in [0.29, 0.717) is 5.02 Å². The molecular formula is C13H18ClN2O2+. The molecule has 98 valence electrons. The van der Waals surface area contributed by atoms with Crippen LogP contribution in [0.25, 0.3) is 0 Å². The second-order valence-electron chi connectivity index (χ2n) is 4.49. The molecule has 0 saturated carbocycles. The fraction of sp³-hybridized carbons (Fsp3) is 0.462. The molecule has 1 heterocycles. The van der Waals surface area contributed by atoms with Gasteiger partial charge in [-0.05, 0) is 25.1 Å². The number of carbonyl (C=O) groups is 1. The van der Waals surface area contributed by atoms with Gasteiger partial charge < -0.3 is 15.0 Å². The molecule has 4 nitrogen and oxygen atoms in total. The van der Waals surface area contributed by atoms with Crippen LogP contribution in [0, 0.1) is 0 Å². The molecule has 0 aliphatic carbocycles. The largest absolute Gasteiger partial charge is 0.370 e. The van der Waals surface area contributed by atoms with E-state index in [1.807, 2.05) is 19.1 Å². The molecule has 1 saturated heterocycles. The Balaban J connectivity index is 1.94. The van der Waals surface area contributed by atoms with Gasteiger partial charge in [0.25, 0.3) is 5.91 Å². The van der Waals surface area contributed by atoms with Crippen LogP contribution < -0.4 is 10.2 Å². The molecule has 18 heavy (non-hydrogen) atoms. The zero-order valence-electron chi connectivity index (χ0n) is 10.4. The minimum absolute atomic E-state index is 0.0224. The first-order valence-electron chi connectivity index (χ1n) is 6.15. The van der Waals surface area contributed by atoms with Gasteiger partial charge in [0, 0.05) is 10.7 Å². The zero-order chi connectivity index (χ0) is 13.0. The third-order valence-electron chi connectivity index (χ3n) is 3.23. The monoisotopic (exact) mass is 269 g/mol. The number of carbonyl (C=O) groups excluding carboxylic acids is 1. The van der Waals surface area contributed by atoms with Crippen molar-refractivity contribution in [2.24, 2.45) is 0 Å². The van der Waals surface area contributed by atoms with Gasteiger partial charge in [-0.15, -0.1) is 0 Å². The van der Waals surface area contributed by atoms with Gasteiger partial charge in [-0.2, -0.15) is 0 Å². The van der Waals surface area contributed by atoms with Crippen LogP contribution in [0.4, 0.5) is 5.69 Å². The van der Waals surface area contributed by atoms with Crippen molar-refractivity contribution in [3.63, 3.8) is 0 Å². The lowest BCUT2D eigenvalue weighted by Crippen LogP contribution is -3.18. The molecule has 1 fully saturated rings. The third-order valence-corrected chi connectivity index (χ3v) is 3.47. The molecule has 1 aliphatic heterocycles. The first-order chi connectivity index (χ1) is 8.66. The number of amides is 1. The normalized spacial score (nSPS) is 18.3. The Morgan fingerprint density at radius 1 is 1.44 bits per heavy atom. The summed E-state index contributed by atoms with van der Waals surface area (Å²) in [5, 5.41) is 3.52. The Morgan fingerprint density at radius 3 is 2.83 bits per heavy atom. The predicted octanol–water partition coefficient (Wildman–Crippen LogP) is 0.582. The average molecular weight is 270 g/mol. The Morgan fingerprint density at radius 2 is 2.17 bits per heavy atom. The molecule has 0 radical (unpaired) electrons. The summed E-state index contributed by atoms with van der Waals surface area (Å²) in [4.78, 5) is 13.4. The highest BCUT2D eigenvalue weighted by atomic mass is 35.5. The highest BCUT2D eigenvalue weighted by molar-refractivity contribution is 6.30. The van der Waals surface area contributed by atoms with E-state index in [2.05, 4.69) is 5.32 Å². The van der Waals surface area contributed by atoms with Crippen LogP contribution in [-0.4, -0.2) is 38.3 Å². The fourth-order valence-corrected chi connectivity index (χ4v) is 2.26. The highest BCUT2D eigenvalue weighted by Gasteiger charge is 2.26. The van der Waals surface area contributed by atoms with E-state index in [0.717, 1.165) is 32.0 Å². The summed E-state index contributed by atoms with van der Waals surface area (Å²) in [5.41, 5.74) is 0.743. The summed E-state index contributed by atoms with van der Waals surface area (Å²) < 4.78 is 5.29. The Hall–Kier alpha value is -1.10. The van der Waals surface area contributed by atoms with Crippen LogP contribution in [-0.2, 0) is 9.53 Å². The Labute approximate surface area is 112 Å². The number of quaternary nitrogens is 1. The molecule has 2 N–H and O–H groups in total. The number of hydrogen-bond acceptors (Lipinski definition) is 2. The lowest BCUT2D eigenvalue weighted by atomic mass is 10.2. The maximum atomic E-state index is 12.1. The van der Waals surface area contributed by atoms with Gasteiger partial charge in [0.05, 0.1) is 13.2 Å². The molecule has 0 aromatic heterocycles. The number of benzene rings is 1. The smallest absolute Gasteiger partial charge is 0.282 e. The van der Waals surface area contributed by atoms with Gasteiger partial charge in [0.15, 0.2) is 6.04 Å². The lowest BCUT2D eigenvalue weighted by Gasteiger charge is -2.28. The van der Waals surface area contributed by atoms with E-state index in [4.69, 9.17) is 16.3 Å². The first-order valence-corrected chi connectivity index (χ1v) is 6.53. The third kappa shape index (κ3) is 3.45. The predicted molar refractivity (Wildman–Crippen MR) is 71.1 cm³/mol. The van der Waals surface area contributed by atoms with Crippen molar-refractivity contribution in [3.05, 3.63) is 29.3 Å². The highest BCUT2D eigenvalue weighted by Crippen LogP contribution is 2.14. The summed E-state index contributed by atoms with van der Waals surface area (Å²) >= 11 is 5.88. The molecule has 2 rings (SSSR count). The van der Waals surface area contributed by atoms with E-state index < -0.39 is 0 Å².